The van der Waals surface area contributed by atoms with Crippen LogP contribution in [0.3, 0.4) is 0 Å². The Kier molecular flexibility index (Phi) is 2.64. The van der Waals surface area contributed by atoms with Gasteiger partial charge in [-0.25, -0.2) is 0 Å². The first-order valence-electron chi connectivity index (χ1n) is 8.84. The van der Waals surface area contributed by atoms with Gasteiger partial charge in [0.25, 0.3) is 0 Å². The molecule has 0 saturated carbocycles. The van der Waals surface area contributed by atoms with Crippen molar-refractivity contribution in [3.05, 3.63) is 91.0 Å². The molecule has 122 valence electrons. The van der Waals surface area contributed by atoms with E-state index >= 15 is 0 Å². The van der Waals surface area contributed by atoms with Crippen LogP contribution in [-0.4, -0.2) is 4.57 Å². The lowest BCUT2D eigenvalue weighted by molar-refractivity contribution is 1.18. The van der Waals surface area contributed by atoms with Crippen molar-refractivity contribution < 1.29 is 0 Å². The molecule has 0 unspecified atom stereocenters. The second-order valence-corrected chi connectivity index (χ2v) is 6.67. The van der Waals surface area contributed by atoms with E-state index in [1.807, 2.05) is 0 Å². The van der Waals surface area contributed by atoms with Gasteiger partial charge in [0, 0.05) is 22.0 Å². The van der Waals surface area contributed by atoms with Crippen LogP contribution < -0.4 is 4.98 Å². The van der Waals surface area contributed by atoms with Crippen LogP contribution in [-0.2, 0) is 0 Å². The lowest BCUT2D eigenvalue weighted by Gasteiger charge is -2.11. The fourth-order valence-corrected chi connectivity index (χ4v) is 4.14. The number of para-hydroxylation sites is 3. The highest BCUT2D eigenvalue weighted by molar-refractivity contribution is 6.22. The maximum Gasteiger partial charge on any atom is 0.0540 e. The second-order valence-electron chi connectivity index (χ2n) is 6.67. The number of aromatic nitrogens is 2. The standard InChI is InChI=1S/C24H15N2/c1-2-8-16(9-3-1)26-22-13-7-5-11-18(22)20-15-14-19-17-10-4-6-12-21(17)25-23(19)24(20)26/h1-15H/q-1. The van der Waals surface area contributed by atoms with Crippen molar-refractivity contribution in [2.24, 2.45) is 0 Å². The van der Waals surface area contributed by atoms with Crippen LogP contribution in [0.25, 0.3) is 49.3 Å². The molecule has 0 saturated heterocycles. The average molecular weight is 331 g/mol. The van der Waals surface area contributed by atoms with Crippen LogP contribution in [0.5, 0.6) is 0 Å². The number of hydrogen-bond donors (Lipinski definition) is 0. The second kappa shape index (κ2) is 4.99. The summed E-state index contributed by atoms with van der Waals surface area (Å²) in [6.45, 7) is 0. The third kappa shape index (κ3) is 1.71. The Morgan fingerprint density at radius 3 is 2.12 bits per heavy atom. The van der Waals surface area contributed by atoms with Crippen molar-refractivity contribution in [2.75, 3.05) is 0 Å². The molecule has 0 aliphatic rings. The molecule has 0 radical (unpaired) electrons. The minimum Gasteiger partial charge on any atom is -0.655 e. The maximum atomic E-state index is 5.00. The van der Waals surface area contributed by atoms with Crippen molar-refractivity contribution in [2.45, 2.75) is 0 Å². The highest BCUT2D eigenvalue weighted by atomic mass is 15.0. The van der Waals surface area contributed by atoms with Gasteiger partial charge < -0.3 is 9.55 Å². The minimum atomic E-state index is 1.06. The quantitative estimate of drug-likeness (QED) is 0.359. The van der Waals surface area contributed by atoms with Crippen LogP contribution in [0.15, 0.2) is 91.0 Å². The molecular formula is C24H15N2-. The topological polar surface area (TPSA) is 19.0 Å². The molecule has 2 aromatic heterocycles. The van der Waals surface area contributed by atoms with E-state index in [-0.39, 0.29) is 0 Å². The fourth-order valence-electron chi connectivity index (χ4n) is 4.14. The summed E-state index contributed by atoms with van der Waals surface area (Å²) < 4.78 is 2.35. The zero-order valence-electron chi connectivity index (χ0n) is 14.1. The van der Waals surface area contributed by atoms with Gasteiger partial charge in [0.05, 0.1) is 5.52 Å². The molecule has 6 rings (SSSR count). The highest BCUT2D eigenvalue weighted by Crippen LogP contribution is 2.37. The van der Waals surface area contributed by atoms with Gasteiger partial charge in [0.1, 0.15) is 0 Å². The molecule has 0 amide bonds. The Labute approximate surface area is 150 Å². The third-order valence-electron chi connectivity index (χ3n) is 5.25. The summed E-state index contributed by atoms with van der Waals surface area (Å²) in [4.78, 5) is 5.00. The molecule has 2 heterocycles. The lowest BCUT2D eigenvalue weighted by atomic mass is 10.1. The van der Waals surface area contributed by atoms with Crippen molar-refractivity contribution in [3.8, 4) is 5.69 Å². The Morgan fingerprint density at radius 2 is 1.23 bits per heavy atom. The van der Waals surface area contributed by atoms with Crippen molar-refractivity contribution in [1.82, 2.24) is 9.55 Å². The highest BCUT2D eigenvalue weighted by Gasteiger charge is 2.13. The number of benzene rings is 4. The molecule has 0 aliphatic carbocycles. The average Bonchev–Trinajstić information content (AvgIpc) is 3.24. The van der Waals surface area contributed by atoms with Gasteiger partial charge >= 0.3 is 0 Å². The van der Waals surface area contributed by atoms with Crippen LogP contribution in [0.1, 0.15) is 0 Å². The number of hydrogen-bond acceptors (Lipinski definition) is 0. The normalized spacial score (nSPS) is 11.8. The van der Waals surface area contributed by atoms with E-state index in [0.29, 0.717) is 0 Å². The predicted octanol–water partition coefficient (Wildman–Crippen LogP) is 6.05. The molecule has 26 heavy (non-hydrogen) atoms. The molecule has 4 aromatic carbocycles. The van der Waals surface area contributed by atoms with E-state index in [4.69, 9.17) is 4.98 Å². The Balaban J connectivity index is 1.92. The number of nitrogens with zero attached hydrogens (tertiary/aromatic N) is 2. The minimum absolute atomic E-state index is 1.06. The molecule has 2 nitrogen and oxygen atoms in total. The van der Waals surface area contributed by atoms with Gasteiger partial charge in [-0.05, 0) is 29.0 Å². The monoisotopic (exact) mass is 331 g/mol. The summed E-state index contributed by atoms with van der Waals surface area (Å²) in [5.41, 5.74) is 5.70. The van der Waals surface area contributed by atoms with Gasteiger partial charge in [-0.15, -0.1) is 11.0 Å². The summed E-state index contributed by atoms with van der Waals surface area (Å²) in [7, 11) is 0. The largest absolute Gasteiger partial charge is 0.655 e. The molecular weight excluding hydrogens is 316 g/mol. The van der Waals surface area contributed by atoms with Gasteiger partial charge in [-0.1, -0.05) is 72.8 Å². The summed E-state index contributed by atoms with van der Waals surface area (Å²) >= 11 is 0. The van der Waals surface area contributed by atoms with Crippen LogP contribution in [0, 0.1) is 0 Å². The van der Waals surface area contributed by atoms with Crippen LogP contribution >= 0.6 is 0 Å². The van der Waals surface area contributed by atoms with E-state index < -0.39 is 0 Å². The van der Waals surface area contributed by atoms with Gasteiger partial charge in [-0.2, -0.15) is 0 Å². The molecule has 0 atom stereocenters. The zero-order chi connectivity index (χ0) is 17.1. The summed E-state index contributed by atoms with van der Waals surface area (Å²) in [5.74, 6) is 0. The maximum absolute atomic E-state index is 5.00. The molecule has 0 aliphatic heterocycles. The predicted molar refractivity (Wildman–Crippen MR) is 109 cm³/mol. The van der Waals surface area contributed by atoms with Crippen molar-refractivity contribution >= 4 is 43.6 Å². The SMILES string of the molecule is c1ccc(-n2c3ccccc3c3ccc4c5ccccc5[n-]c4c32)cc1. The lowest BCUT2D eigenvalue weighted by Crippen LogP contribution is -1.94. The molecule has 0 spiro atoms. The first kappa shape index (κ1) is 13.7. The number of rotatable bonds is 1. The van der Waals surface area contributed by atoms with Crippen molar-refractivity contribution in [3.63, 3.8) is 0 Å². The van der Waals surface area contributed by atoms with Crippen LogP contribution in [0.2, 0.25) is 0 Å². The van der Waals surface area contributed by atoms with Gasteiger partial charge in [0.15, 0.2) is 0 Å². The third-order valence-corrected chi connectivity index (χ3v) is 5.25. The molecule has 2 heteroatoms. The smallest absolute Gasteiger partial charge is 0.0540 e. The Bertz CT molecular complexity index is 1420. The molecule has 6 aromatic rings. The Hall–Kier alpha value is -3.52. The molecule has 0 bridgehead atoms. The summed E-state index contributed by atoms with van der Waals surface area (Å²) in [5, 5.41) is 4.95. The fraction of sp³-hybridized carbons (Fsp3) is 0. The molecule has 0 N–H and O–H groups in total. The van der Waals surface area contributed by atoms with E-state index in [0.717, 1.165) is 11.0 Å². The molecule has 0 fully saturated rings. The van der Waals surface area contributed by atoms with E-state index in [1.54, 1.807) is 0 Å². The zero-order valence-corrected chi connectivity index (χ0v) is 14.1. The first-order valence-corrected chi connectivity index (χ1v) is 8.84. The summed E-state index contributed by atoms with van der Waals surface area (Å²) in [6.07, 6.45) is 0. The van der Waals surface area contributed by atoms with Gasteiger partial charge in [-0.3, -0.25) is 0 Å². The van der Waals surface area contributed by atoms with E-state index in [2.05, 4.69) is 95.6 Å². The summed E-state index contributed by atoms with van der Waals surface area (Å²) in [6, 6.07) is 32.0. The van der Waals surface area contributed by atoms with E-state index in [1.165, 1.54) is 38.3 Å². The van der Waals surface area contributed by atoms with Gasteiger partial charge in [0.2, 0.25) is 0 Å². The Morgan fingerprint density at radius 1 is 0.538 bits per heavy atom. The van der Waals surface area contributed by atoms with Crippen molar-refractivity contribution in [1.29, 1.82) is 0 Å². The number of fused-ring (bicyclic) bond motifs is 7. The van der Waals surface area contributed by atoms with E-state index in [9.17, 15) is 0 Å². The first-order chi connectivity index (χ1) is 12.9. The van der Waals surface area contributed by atoms with Crippen LogP contribution in [0.4, 0.5) is 0 Å².